The molecule has 3 aromatic carbocycles. The molecule has 0 saturated carbocycles. The largest absolute Gasteiger partial charge is 0.385 e. The van der Waals surface area contributed by atoms with Gasteiger partial charge in [0.05, 0.1) is 0 Å². The van der Waals surface area contributed by atoms with Gasteiger partial charge < -0.3 is 4.74 Å². The van der Waals surface area contributed by atoms with Crippen LogP contribution in [0.5, 0.6) is 0 Å². The van der Waals surface area contributed by atoms with Gasteiger partial charge in [-0.1, -0.05) is 24.3 Å². The summed E-state index contributed by atoms with van der Waals surface area (Å²) in [5.74, 6) is -1.62. The lowest BCUT2D eigenvalue weighted by molar-refractivity contribution is 0.195. The van der Waals surface area contributed by atoms with E-state index in [4.69, 9.17) is 10.00 Å². The zero-order valence-electron chi connectivity index (χ0n) is 18.6. The number of hydrogen-bond donors (Lipinski definition) is 0. The number of benzene rings is 3. The summed E-state index contributed by atoms with van der Waals surface area (Å²) in [4.78, 5) is 8.87. The highest BCUT2D eigenvalue weighted by Gasteiger charge is 2.13. The monoisotopic (exact) mass is 461 g/mol. The molecule has 4 nitrogen and oxygen atoms in total. The van der Waals surface area contributed by atoms with Crippen molar-refractivity contribution >= 4 is 10.8 Å². The fourth-order valence-electron chi connectivity index (χ4n) is 3.88. The standard InChI is InChI=1S/C27H22F3N3O/c1-34-10-2-3-18-15-32-27(33-16-18)21-8-9-22-20(13-21)7-6-19(26(22)30)5-4-17-11-24(28)23(14-31)25(29)12-17/h6-9,11-13,15-16H,2-5,10H2,1H3. The van der Waals surface area contributed by atoms with Gasteiger partial charge in [0.1, 0.15) is 29.1 Å². The molecule has 0 aliphatic rings. The third kappa shape index (κ3) is 5.08. The molecule has 0 atom stereocenters. The van der Waals surface area contributed by atoms with Gasteiger partial charge in [0, 0.05) is 37.1 Å². The van der Waals surface area contributed by atoms with E-state index in [-0.39, 0.29) is 18.7 Å². The smallest absolute Gasteiger partial charge is 0.159 e. The minimum Gasteiger partial charge on any atom is -0.385 e. The van der Waals surface area contributed by atoms with Gasteiger partial charge in [-0.05, 0) is 66.0 Å². The van der Waals surface area contributed by atoms with Crippen molar-refractivity contribution in [2.75, 3.05) is 13.7 Å². The quantitative estimate of drug-likeness (QED) is 0.304. The molecule has 0 aliphatic carbocycles. The molecule has 0 unspecified atom stereocenters. The molecule has 0 fully saturated rings. The Morgan fingerprint density at radius 2 is 1.62 bits per heavy atom. The summed E-state index contributed by atoms with van der Waals surface area (Å²) < 4.78 is 47.9. The normalized spacial score (nSPS) is 11.0. The van der Waals surface area contributed by atoms with E-state index in [2.05, 4.69) is 9.97 Å². The molecule has 0 amide bonds. The molecule has 4 aromatic rings. The lowest BCUT2D eigenvalue weighted by Crippen LogP contribution is -1.99. The lowest BCUT2D eigenvalue weighted by atomic mass is 9.98. The summed E-state index contributed by atoms with van der Waals surface area (Å²) in [5, 5.41) is 9.95. The van der Waals surface area contributed by atoms with Crippen LogP contribution >= 0.6 is 0 Å². The first kappa shape index (κ1) is 23.4. The number of fused-ring (bicyclic) bond motifs is 1. The molecule has 1 heterocycles. The van der Waals surface area contributed by atoms with Crippen LogP contribution in [0.3, 0.4) is 0 Å². The number of nitrogens with zero attached hydrogens (tertiary/aromatic N) is 3. The van der Waals surface area contributed by atoms with Gasteiger partial charge >= 0.3 is 0 Å². The summed E-state index contributed by atoms with van der Waals surface area (Å²) in [6.45, 7) is 0.682. The number of methoxy groups -OCH3 is 1. The molecule has 172 valence electrons. The van der Waals surface area contributed by atoms with E-state index in [1.165, 1.54) is 6.07 Å². The van der Waals surface area contributed by atoms with E-state index >= 15 is 4.39 Å². The van der Waals surface area contributed by atoms with Crippen molar-refractivity contribution in [1.29, 1.82) is 5.26 Å². The summed E-state index contributed by atoms with van der Waals surface area (Å²) in [5.41, 5.74) is 2.01. The van der Waals surface area contributed by atoms with Crippen molar-refractivity contribution in [1.82, 2.24) is 9.97 Å². The van der Waals surface area contributed by atoms with E-state index < -0.39 is 17.2 Å². The Morgan fingerprint density at radius 3 is 2.29 bits per heavy atom. The number of aryl methyl sites for hydroxylation is 3. The van der Waals surface area contributed by atoms with Crippen LogP contribution in [0.2, 0.25) is 0 Å². The minimum absolute atomic E-state index is 0.241. The highest BCUT2D eigenvalue weighted by atomic mass is 19.1. The highest BCUT2D eigenvalue weighted by molar-refractivity contribution is 5.87. The van der Waals surface area contributed by atoms with Crippen LogP contribution in [-0.4, -0.2) is 23.7 Å². The summed E-state index contributed by atoms with van der Waals surface area (Å²) in [7, 11) is 1.67. The van der Waals surface area contributed by atoms with Gasteiger partial charge in [-0.2, -0.15) is 5.26 Å². The topological polar surface area (TPSA) is 58.8 Å². The number of nitriles is 1. The molecule has 1 aromatic heterocycles. The van der Waals surface area contributed by atoms with Crippen LogP contribution in [0.25, 0.3) is 22.2 Å². The fraction of sp³-hybridized carbons (Fsp3) is 0.222. The molecule has 0 aliphatic heterocycles. The summed E-state index contributed by atoms with van der Waals surface area (Å²) in [6, 6.07) is 12.5. The van der Waals surface area contributed by atoms with Crippen LogP contribution < -0.4 is 0 Å². The van der Waals surface area contributed by atoms with E-state index in [1.54, 1.807) is 37.7 Å². The Hall–Kier alpha value is -3.76. The maximum Gasteiger partial charge on any atom is 0.159 e. The zero-order chi connectivity index (χ0) is 24.1. The summed E-state index contributed by atoms with van der Waals surface area (Å²) >= 11 is 0. The third-order valence-corrected chi connectivity index (χ3v) is 5.71. The molecular formula is C27H22F3N3O. The van der Waals surface area contributed by atoms with E-state index in [0.29, 0.717) is 34.3 Å². The second kappa shape index (κ2) is 10.4. The molecule has 0 spiro atoms. The van der Waals surface area contributed by atoms with Crippen LogP contribution in [0, 0.1) is 28.8 Å². The SMILES string of the molecule is COCCCc1cnc(-c2ccc3c(F)c(CCc4cc(F)c(C#N)c(F)c4)ccc3c2)nc1. The Bertz CT molecular complexity index is 1340. The molecule has 0 N–H and O–H groups in total. The van der Waals surface area contributed by atoms with E-state index in [9.17, 15) is 8.78 Å². The van der Waals surface area contributed by atoms with Gasteiger partial charge in [-0.25, -0.2) is 23.1 Å². The van der Waals surface area contributed by atoms with Gasteiger partial charge in [0.2, 0.25) is 0 Å². The number of rotatable bonds is 8. The fourth-order valence-corrected chi connectivity index (χ4v) is 3.88. The van der Waals surface area contributed by atoms with Crippen molar-refractivity contribution in [3.05, 3.63) is 94.6 Å². The Labute approximate surface area is 195 Å². The maximum atomic E-state index is 15.2. The molecular weight excluding hydrogens is 439 g/mol. The van der Waals surface area contributed by atoms with Crippen molar-refractivity contribution in [2.45, 2.75) is 25.7 Å². The van der Waals surface area contributed by atoms with Crippen LogP contribution in [0.15, 0.2) is 54.9 Å². The number of halogens is 3. The first-order valence-electron chi connectivity index (χ1n) is 10.9. The number of ether oxygens (including phenoxy) is 1. The Balaban J connectivity index is 1.51. The molecule has 7 heteroatoms. The van der Waals surface area contributed by atoms with E-state index in [0.717, 1.165) is 36.1 Å². The van der Waals surface area contributed by atoms with Crippen molar-refractivity contribution in [3.63, 3.8) is 0 Å². The second-order valence-electron chi connectivity index (χ2n) is 8.03. The molecule has 0 bridgehead atoms. The van der Waals surface area contributed by atoms with Crippen molar-refractivity contribution < 1.29 is 17.9 Å². The highest BCUT2D eigenvalue weighted by Crippen LogP contribution is 2.27. The molecule has 0 radical (unpaired) electrons. The molecule has 0 saturated heterocycles. The predicted molar refractivity (Wildman–Crippen MR) is 124 cm³/mol. The second-order valence-corrected chi connectivity index (χ2v) is 8.03. The third-order valence-electron chi connectivity index (χ3n) is 5.71. The molecule has 34 heavy (non-hydrogen) atoms. The van der Waals surface area contributed by atoms with Crippen molar-refractivity contribution in [2.24, 2.45) is 0 Å². The predicted octanol–water partition coefficient (Wildman–Crippen LogP) is 5.95. The average molecular weight is 461 g/mol. The van der Waals surface area contributed by atoms with Gasteiger partial charge in [0.25, 0.3) is 0 Å². The first-order valence-corrected chi connectivity index (χ1v) is 10.9. The Kier molecular flexibility index (Phi) is 7.19. The minimum atomic E-state index is -0.908. The van der Waals surface area contributed by atoms with Crippen LogP contribution in [-0.2, 0) is 24.0 Å². The first-order chi connectivity index (χ1) is 16.5. The average Bonchev–Trinajstić information content (AvgIpc) is 2.84. The van der Waals surface area contributed by atoms with Gasteiger partial charge in [-0.15, -0.1) is 0 Å². The summed E-state index contributed by atoms with van der Waals surface area (Å²) in [6.07, 6.45) is 5.82. The van der Waals surface area contributed by atoms with E-state index in [1.807, 2.05) is 12.1 Å². The van der Waals surface area contributed by atoms with Crippen molar-refractivity contribution in [3.8, 4) is 17.5 Å². The Morgan fingerprint density at radius 1 is 0.882 bits per heavy atom. The maximum absolute atomic E-state index is 15.2. The molecule has 4 rings (SSSR count). The lowest BCUT2D eigenvalue weighted by Gasteiger charge is -2.09. The van der Waals surface area contributed by atoms with Gasteiger partial charge in [-0.3, -0.25) is 0 Å². The van der Waals surface area contributed by atoms with Crippen LogP contribution in [0.1, 0.15) is 28.7 Å². The van der Waals surface area contributed by atoms with Gasteiger partial charge in [0.15, 0.2) is 5.82 Å². The van der Waals surface area contributed by atoms with Crippen LogP contribution in [0.4, 0.5) is 13.2 Å². The zero-order valence-corrected chi connectivity index (χ0v) is 18.6. The number of hydrogen-bond acceptors (Lipinski definition) is 4. The number of aromatic nitrogens is 2.